The summed E-state index contributed by atoms with van der Waals surface area (Å²) in [5.74, 6) is 0.905. The molecule has 3 aromatic rings. The van der Waals surface area contributed by atoms with Gasteiger partial charge in [-0.15, -0.1) is 10.2 Å². The van der Waals surface area contributed by atoms with Gasteiger partial charge in [-0.3, -0.25) is 9.59 Å². The number of hydrogen-bond acceptors (Lipinski definition) is 5. The maximum Gasteiger partial charge on any atom is 0.254 e. The first kappa shape index (κ1) is 22.1. The Morgan fingerprint density at radius 2 is 1.75 bits per heavy atom. The van der Waals surface area contributed by atoms with Crippen molar-refractivity contribution in [2.45, 2.75) is 38.4 Å². The van der Waals surface area contributed by atoms with E-state index in [1.165, 1.54) is 11.8 Å². The molecule has 1 aliphatic heterocycles. The number of nitrogens with zero attached hydrogens (tertiary/aromatic N) is 4. The largest absolute Gasteiger partial charge is 0.339 e. The number of carbonyl (C=O) groups is 2. The Labute approximate surface area is 192 Å². The predicted molar refractivity (Wildman–Crippen MR) is 126 cm³/mol. The molecule has 1 fully saturated rings. The maximum atomic E-state index is 12.8. The van der Waals surface area contributed by atoms with Crippen molar-refractivity contribution in [1.29, 1.82) is 0 Å². The number of aryl methyl sites for hydroxylation is 1. The van der Waals surface area contributed by atoms with E-state index in [2.05, 4.69) is 27.6 Å². The second kappa shape index (κ2) is 9.99. The number of thioether (sulfide) groups is 1. The Hall–Kier alpha value is -3.13. The summed E-state index contributed by atoms with van der Waals surface area (Å²) in [7, 11) is 0. The number of benzene rings is 2. The van der Waals surface area contributed by atoms with Gasteiger partial charge in [0.05, 0.1) is 12.3 Å². The Morgan fingerprint density at radius 3 is 2.50 bits per heavy atom. The SMILES string of the molecule is Cc1c(NC(=O)CSc2nnc(C)n2Cc2ccccc2)cccc1C(=O)N1CCCC1. The van der Waals surface area contributed by atoms with Crippen LogP contribution in [-0.2, 0) is 11.3 Å². The standard InChI is InChI=1S/C24H27N5O2S/c1-17-20(23(31)28-13-6-7-14-28)11-8-12-21(17)25-22(30)16-32-24-27-26-18(2)29(24)15-19-9-4-3-5-10-19/h3-5,8-12H,6-7,13-16H2,1-2H3,(H,25,30). The molecule has 32 heavy (non-hydrogen) atoms. The fraction of sp³-hybridized carbons (Fsp3) is 0.333. The number of aromatic nitrogens is 3. The summed E-state index contributed by atoms with van der Waals surface area (Å²) < 4.78 is 2.01. The average molecular weight is 450 g/mol. The van der Waals surface area contributed by atoms with Gasteiger partial charge in [-0.05, 0) is 49.9 Å². The number of carbonyl (C=O) groups excluding carboxylic acids is 2. The van der Waals surface area contributed by atoms with Crippen molar-refractivity contribution in [3.8, 4) is 0 Å². The third-order valence-electron chi connectivity index (χ3n) is 5.65. The van der Waals surface area contributed by atoms with Crippen LogP contribution >= 0.6 is 11.8 Å². The highest BCUT2D eigenvalue weighted by molar-refractivity contribution is 7.99. The van der Waals surface area contributed by atoms with Gasteiger partial charge < -0.3 is 14.8 Å². The smallest absolute Gasteiger partial charge is 0.254 e. The van der Waals surface area contributed by atoms with Gasteiger partial charge >= 0.3 is 0 Å². The highest BCUT2D eigenvalue weighted by atomic mass is 32.2. The summed E-state index contributed by atoms with van der Waals surface area (Å²) in [6.07, 6.45) is 2.10. The molecule has 0 saturated carbocycles. The van der Waals surface area contributed by atoms with Crippen molar-refractivity contribution in [3.05, 3.63) is 71.0 Å². The monoisotopic (exact) mass is 449 g/mol. The van der Waals surface area contributed by atoms with Gasteiger partial charge in [0.2, 0.25) is 5.91 Å². The molecule has 2 aromatic carbocycles. The molecule has 0 bridgehead atoms. The Morgan fingerprint density at radius 1 is 1.00 bits per heavy atom. The van der Waals surface area contributed by atoms with Gasteiger partial charge in [-0.1, -0.05) is 48.2 Å². The summed E-state index contributed by atoms with van der Waals surface area (Å²) in [6, 6.07) is 15.6. The second-order valence-electron chi connectivity index (χ2n) is 7.92. The molecule has 0 unspecified atom stereocenters. The molecule has 1 aromatic heterocycles. The van der Waals surface area contributed by atoms with Gasteiger partial charge in [0.1, 0.15) is 5.82 Å². The van der Waals surface area contributed by atoms with E-state index in [0.717, 1.165) is 42.9 Å². The van der Waals surface area contributed by atoms with Crippen LogP contribution in [0.4, 0.5) is 5.69 Å². The lowest BCUT2D eigenvalue weighted by atomic mass is 10.1. The van der Waals surface area contributed by atoms with Gasteiger partial charge in [-0.25, -0.2) is 0 Å². The van der Waals surface area contributed by atoms with Crippen molar-refractivity contribution >= 4 is 29.3 Å². The second-order valence-corrected chi connectivity index (χ2v) is 8.86. The first-order chi connectivity index (χ1) is 15.5. The molecule has 7 nitrogen and oxygen atoms in total. The highest BCUT2D eigenvalue weighted by Gasteiger charge is 2.22. The summed E-state index contributed by atoms with van der Waals surface area (Å²) in [4.78, 5) is 27.3. The molecule has 0 spiro atoms. The number of nitrogens with one attached hydrogen (secondary N) is 1. The van der Waals surface area contributed by atoms with Crippen LogP contribution in [0.5, 0.6) is 0 Å². The molecular formula is C24H27N5O2S. The first-order valence-electron chi connectivity index (χ1n) is 10.8. The molecule has 2 heterocycles. The van der Waals surface area contributed by atoms with Crippen LogP contribution in [0.1, 0.15) is 40.2 Å². The van der Waals surface area contributed by atoms with E-state index in [4.69, 9.17) is 0 Å². The molecule has 0 aliphatic carbocycles. The zero-order valence-corrected chi connectivity index (χ0v) is 19.2. The van der Waals surface area contributed by atoms with E-state index in [9.17, 15) is 9.59 Å². The minimum atomic E-state index is -0.143. The van der Waals surface area contributed by atoms with E-state index < -0.39 is 0 Å². The third kappa shape index (κ3) is 5.02. The van der Waals surface area contributed by atoms with Crippen LogP contribution in [0, 0.1) is 13.8 Å². The topological polar surface area (TPSA) is 80.1 Å². The minimum Gasteiger partial charge on any atom is -0.339 e. The average Bonchev–Trinajstić information content (AvgIpc) is 3.45. The van der Waals surface area contributed by atoms with Gasteiger partial charge in [-0.2, -0.15) is 0 Å². The molecule has 166 valence electrons. The number of hydrogen-bond donors (Lipinski definition) is 1. The summed E-state index contributed by atoms with van der Waals surface area (Å²) in [6.45, 7) is 6.05. The number of rotatable bonds is 7. The van der Waals surface area contributed by atoms with Crippen molar-refractivity contribution in [3.63, 3.8) is 0 Å². The van der Waals surface area contributed by atoms with Crippen LogP contribution in [0.25, 0.3) is 0 Å². The van der Waals surface area contributed by atoms with E-state index in [0.29, 0.717) is 23.0 Å². The Bertz CT molecular complexity index is 1110. The van der Waals surface area contributed by atoms with Gasteiger partial charge in [0.25, 0.3) is 5.91 Å². The molecule has 2 amide bonds. The van der Waals surface area contributed by atoms with Gasteiger partial charge in [0.15, 0.2) is 5.16 Å². The molecule has 1 aliphatic rings. The van der Waals surface area contributed by atoms with Crippen LogP contribution in [0.2, 0.25) is 0 Å². The van der Waals surface area contributed by atoms with Crippen LogP contribution in [0.15, 0.2) is 53.7 Å². The van der Waals surface area contributed by atoms with Crippen LogP contribution in [-0.4, -0.2) is 50.3 Å². The summed E-state index contributed by atoms with van der Waals surface area (Å²) >= 11 is 1.35. The number of anilines is 1. The van der Waals surface area contributed by atoms with Crippen molar-refractivity contribution < 1.29 is 9.59 Å². The normalized spacial score (nSPS) is 13.4. The fourth-order valence-electron chi connectivity index (χ4n) is 3.83. The quantitative estimate of drug-likeness (QED) is 0.553. The fourth-order valence-corrected chi connectivity index (χ4v) is 4.61. The number of likely N-dealkylation sites (tertiary alicyclic amines) is 1. The molecular weight excluding hydrogens is 422 g/mol. The first-order valence-corrected chi connectivity index (χ1v) is 11.8. The van der Waals surface area contributed by atoms with Crippen molar-refractivity contribution in [2.75, 3.05) is 24.2 Å². The highest BCUT2D eigenvalue weighted by Crippen LogP contribution is 2.23. The maximum absolute atomic E-state index is 12.8. The lowest BCUT2D eigenvalue weighted by Crippen LogP contribution is -2.28. The zero-order valence-electron chi connectivity index (χ0n) is 18.4. The van der Waals surface area contributed by atoms with E-state index in [1.54, 1.807) is 0 Å². The summed E-state index contributed by atoms with van der Waals surface area (Å²) in [5, 5.41) is 12.1. The van der Waals surface area contributed by atoms with Crippen molar-refractivity contribution in [2.24, 2.45) is 0 Å². The molecule has 1 N–H and O–H groups in total. The molecule has 0 atom stereocenters. The lowest BCUT2D eigenvalue weighted by molar-refractivity contribution is -0.113. The Balaban J connectivity index is 1.40. The molecule has 0 radical (unpaired) electrons. The Kier molecular flexibility index (Phi) is 6.90. The van der Waals surface area contributed by atoms with E-state index >= 15 is 0 Å². The van der Waals surface area contributed by atoms with Crippen LogP contribution in [0.3, 0.4) is 0 Å². The third-order valence-corrected chi connectivity index (χ3v) is 6.62. The number of amides is 2. The summed E-state index contributed by atoms with van der Waals surface area (Å²) in [5.41, 5.74) is 3.26. The van der Waals surface area contributed by atoms with E-state index in [-0.39, 0.29) is 17.6 Å². The van der Waals surface area contributed by atoms with Gasteiger partial charge in [0, 0.05) is 24.3 Å². The van der Waals surface area contributed by atoms with E-state index in [1.807, 2.05) is 59.7 Å². The molecule has 1 saturated heterocycles. The zero-order chi connectivity index (χ0) is 22.5. The van der Waals surface area contributed by atoms with Crippen molar-refractivity contribution in [1.82, 2.24) is 19.7 Å². The predicted octanol–water partition coefficient (Wildman–Crippen LogP) is 3.91. The lowest BCUT2D eigenvalue weighted by Gasteiger charge is -2.18. The minimum absolute atomic E-state index is 0.0370. The molecule has 4 rings (SSSR count). The molecule has 8 heteroatoms. The van der Waals surface area contributed by atoms with Crippen LogP contribution < -0.4 is 5.32 Å².